The second kappa shape index (κ2) is 43.2. The number of rotatable bonds is 32. The van der Waals surface area contributed by atoms with E-state index >= 15 is 0 Å². The fourth-order valence-electron chi connectivity index (χ4n) is 39.4. The number of hydrogen-bond donors (Lipinski definition) is 0. The van der Waals surface area contributed by atoms with Crippen LogP contribution in [-0.4, -0.2) is 232 Å². The molecule has 148 heavy (non-hydrogen) atoms. The van der Waals surface area contributed by atoms with Crippen LogP contribution in [0.15, 0.2) is 100 Å². The molecular weight excluding hydrogens is 1920 g/mol. The smallest absolute Gasteiger partial charge is 0.333 e. The summed E-state index contributed by atoms with van der Waals surface area (Å²) in [5.74, 6) is 30.5. The molecule has 8 aliphatic heterocycles. The molecule has 0 N–H and O–H groups in total. The van der Waals surface area contributed by atoms with E-state index in [1.165, 1.54) is 184 Å². The highest BCUT2D eigenvalue weighted by Gasteiger charge is 2.74. The Morgan fingerprint density at radius 3 is 0.986 bits per heavy atom. The number of fused-ring (bicyclic) bond motifs is 56. The van der Waals surface area contributed by atoms with Gasteiger partial charge in [-0.1, -0.05) is 52.6 Å². The normalized spacial score (nSPS) is 49.1. The maximum atomic E-state index is 11.3. The molecule has 16 bridgehead atoms. The summed E-state index contributed by atoms with van der Waals surface area (Å²) in [6.45, 7) is 36.6. The average molecular weight is 2080 g/mol. The van der Waals surface area contributed by atoms with Crippen LogP contribution in [0.25, 0.3) is 0 Å². The summed E-state index contributed by atoms with van der Waals surface area (Å²) < 4.78 is 92.0. The fourth-order valence-corrected chi connectivity index (χ4v) is 42.3. The third-order valence-electron chi connectivity index (χ3n) is 44.6. The third kappa shape index (κ3) is 20.6. The molecule has 55 atom stereocenters. The van der Waals surface area contributed by atoms with E-state index in [0.717, 1.165) is 255 Å². The van der Waals surface area contributed by atoms with Gasteiger partial charge in [0, 0.05) is 69.6 Å². The summed E-state index contributed by atoms with van der Waals surface area (Å²) in [6.07, 6.45) is 56.1. The van der Waals surface area contributed by atoms with Crippen molar-refractivity contribution in [3.05, 3.63) is 100 Å². The first-order valence-corrected chi connectivity index (χ1v) is 60.5. The Balaban J connectivity index is 0.0000000898. The molecule has 32 aliphatic rings. The SMILES string of the molecule is C1CC2CC1C1CC3OC3C21.C=C(C)C(=O)OCCCC1CC2CC1C1CC3OC3C21.C=C(C)C(=O)OCCSC1CC2CC1C1CC3OC3C21.C=CC(=O)OC1CC2CC1C1CC3OC3C21.C=CC(=O)OCC.C=CC(=O)OCC1CC2CC1C1CC3OC3C21.C=CC(=O)OCCCC1CC2CC1C1CC3OC3C21.C=CC(=O)OCCOC1CC2CC1C1CC3OC3C21.C=CC(=O)OCCSC1CC2CC1C1CC3OC3C21. The highest BCUT2D eigenvalue weighted by atomic mass is 32.2. The van der Waals surface area contributed by atoms with Crippen molar-refractivity contribution >= 4 is 71.3 Å². The second-order valence-electron chi connectivity index (χ2n) is 51.2. The van der Waals surface area contributed by atoms with E-state index < -0.39 is 0 Å². The lowest BCUT2D eigenvalue weighted by Gasteiger charge is -2.32. The van der Waals surface area contributed by atoms with Gasteiger partial charge in [-0.3, -0.25) is 0 Å². The summed E-state index contributed by atoms with van der Waals surface area (Å²) in [5, 5.41) is 1.59. The molecule has 8 heterocycles. The molecule has 0 aromatic carbocycles. The van der Waals surface area contributed by atoms with Crippen molar-refractivity contribution in [1.82, 2.24) is 0 Å². The Morgan fingerprint density at radius 1 is 0.277 bits per heavy atom. The molecule has 27 heteroatoms. The molecule has 0 spiro atoms. The molecular formula is C121H164O25S2. The minimum atomic E-state index is -0.371. The molecule has 55 unspecified atom stereocenters. The van der Waals surface area contributed by atoms with Crippen molar-refractivity contribution in [2.75, 3.05) is 64.4 Å². The molecule has 32 rings (SSSR count). The van der Waals surface area contributed by atoms with Crippen LogP contribution in [-0.2, 0) is 119 Å². The first-order valence-electron chi connectivity index (χ1n) is 58.4. The van der Waals surface area contributed by atoms with Gasteiger partial charge >= 0.3 is 47.8 Å². The molecule has 24 saturated carbocycles. The van der Waals surface area contributed by atoms with Crippen LogP contribution in [0, 0.1) is 207 Å². The maximum absolute atomic E-state index is 11.3. The van der Waals surface area contributed by atoms with Crippen LogP contribution in [0.3, 0.4) is 0 Å². The van der Waals surface area contributed by atoms with Gasteiger partial charge in [-0.15, -0.1) is 0 Å². The van der Waals surface area contributed by atoms with Gasteiger partial charge in [0.15, 0.2) is 0 Å². The van der Waals surface area contributed by atoms with Crippen molar-refractivity contribution < 1.29 is 119 Å². The summed E-state index contributed by atoms with van der Waals surface area (Å²) >= 11 is 4.03. The van der Waals surface area contributed by atoms with Gasteiger partial charge < -0.3 is 80.5 Å². The molecule has 24 aliphatic carbocycles. The zero-order valence-electron chi connectivity index (χ0n) is 87.5. The molecule has 0 aromatic rings. The third-order valence-corrected chi connectivity index (χ3v) is 47.4. The Bertz CT molecular complexity index is 4750. The largest absolute Gasteiger partial charge is 0.463 e. The Morgan fingerprint density at radius 2 is 0.581 bits per heavy atom. The quantitative estimate of drug-likeness (QED) is 0.0198. The van der Waals surface area contributed by atoms with Gasteiger partial charge in [0.1, 0.15) is 25.9 Å². The topological polar surface area (TPSA) is 320 Å². The van der Waals surface area contributed by atoms with Crippen LogP contribution in [0.2, 0.25) is 0 Å². The van der Waals surface area contributed by atoms with Gasteiger partial charge in [0.2, 0.25) is 0 Å². The van der Waals surface area contributed by atoms with E-state index in [0.29, 0.717) is 167 Å². The van der Waals surface area contributed by atoms with Crippen molar-refractivity contribution in [1.29, 1.82) is 0 Å². The minimum absolute atomic E-state index is 0.161. The van der Waals surface area contributed by atoms with Gasteiger partial charge in [0.25, 0.3) is 0 Å². The summed E-state index contributed by atoms with van der Waals surface area (Å²) in [5.41, 5.74) is 0.987. The van der Waals surface area contributed by atoms with Crippen LogP contribution in [0.4, 0.5) is 0 Å². The lowest BCUT2D eigenvalue weighted by atomic mass is 9.74. The lowest BCUT2D eigenvalue weighted by molar-refractivity contribution is -0.147. The number of epoxide rings is 8. The lowest BCUT2D eigenvalue weighted by Crippen LogP contribution is -2.34. The molecule has 25 nitrogen and oxygen atoms in total. The van der Waals surface area contributed by atoms with Gasteiger partial charge in [-0.2, -0.15) is 23.5 Å². The van der Waals surface area contributed by atoms with E-state index in [1.807, 2.05) is 23.5 Å². The van der Waals surface area contributed by atoms with Gasteiger partial charge in [-0.05, 0) is 414 Å². The predicted molar refractivity (Wildman–Crippen MR) is 551 cm³/mol. The summed E-state index contributed by atoms with van der Waals surface area (Å²) in [6, 6.07) is 0. The number of ether oxygens (including phenoxy) is 17. The van der Waals surface area contributed by atoms with Gasteiger partial charge in [0.05, 0.1) is 137 Å². The number of thioether (sulfide) groups is 2. The molecule has 0 radical (unpaired) electrons. The van der Waals surface area contributed by atoms with Crippen LogP contribution >= 0.6 is 23.5 Å². The van der Waals surface area contributed by atoms with E-state index in [2.05, 4.69) is 57.4 Å². The van der Waals surface area contributed by atoms with Crippen molar-refractivity contribution in [3.63, 3.8) is 0 Å². The summed E-state index contributed by atoms with van der Waals surface area (Å²) in [4.78, 5) is 87.9. The Kier molecular flexibility index (Phi) is 30.3. The highest BCUT2D eigenvalue weighted by molar-refractivity contribution is 8.00. The zero-order chi connectivity index (χ0) is 102. The fraction of sp³-hybridized carbons (Fsp3) is 0.802. The second-order valence-corrected chi connectivity index (χ2v) is 53.9. The highest BCUT2D eigenvalue weighted by Crippen LogP contribution is 2.74. The molecule has 0 amide bonds. The maximum Gasteiger partial charge on any atom is 0.333 e. The molecule has 32 fully saturated rings. The van der Waals surface area contributed by atoms with Crippen LogP contribution in [0.1, 0.15) is 207 Å². The van der Waals surface area contributed by atoms with Crippen LogP contribution < -0.4 is 0 Å². The monoisotopic (exact) mass is 2080 g/mol. The van der Waals surface area contributed by atoms with Crippen molar-refractivity contribution in [2.24, 2.45) is 207 Å². The number of esters is 8. The molecule has 0 aromatic heterocycles. The first kappa shape index (κ1) is 104. The van der Waals surface area contributed by atoms with Crippen LogP contribution in [0.5, 0.6) is 0 Å². The van der Waals surface area contributed by atoms with Crippen molar-refractivity contribution in [3.8, 4) is 0 Å². The Hall–Kier alpha value is -5.98. The van der Waals surface area contributed by atoms with Gasteiger partial charge in [-0.25, -0.2) is 38.4 Å². The predicted octanol–water partition coefficient (Wildman–Crippen LogP) is 17.8. The minimum Gasteiger partial charge on any atom is -0.463 e. The first-order chi connectivity index (χ1) is 71.9. The van der Waals surface area contributed by atoms with E-state index in [-0.39, 0.29) is 53.9 Å². The van der Waals surface area contributed by atoms with E-state index in [9.17, 15) is 38.4 Å². The zero-order valence-corrected chi connectivity index (χ0v) is 89.1. The standard InChI is InChI=1S/C17H24O3.C16H22O3S.C16H22O3.C15H20O4.C15H20O3S.C14H18O3.C13H16O3.C10H14O.C5H8O2/c1-9(2)17(18)19-5-3-4-10-6-11-7-12(10)13-8-14-16(20-14)15(11)13;1-8(2)16(17)18-3-4-20-13-6-9-5-10(13)11-7-12-15(19-12)14(9)11;1-2-14(17)18-5-3-4-9-6-10-7-11(9)12-8-13-16(19-13)15(10)12;1-2-13(16)18-4-3-17-11-6-8-5-9(11)10-7-12-15(19-12)14(8)10;1-2-13(16)17-3-4-19-12-6-8-5-9(12)10-7-11-15(18-11)14(8)10;1-2-12(15)16-6-8-3-7-4-9(8)10-5-11-14(17-11)13(7)10;1-2-11(14)15-9-4-6-3-7(9)8-5-10-13(16-10)12(6)8;1-2-6-3-5(1)7-4-8-10(11-8)9(6)7;1-3-5(6)7-4-2/h10-16H,1,3-8H2,2H3;9-15H,1,3-7H2,2H3;2,9-13,15-16H,1,3-8H2;2*2,8-12,14-15H,1,3-7H2;2,7-11,13-14H,1,3-6H2;2,6-10,12-13H,1,3-5H2;5-10H,1-4H2;3H,1,4H2,2H3. The Labute approximate surface area is 883 Å². The number of hydrogen-bond acceptors (Lipinski definition) is 27. The van der Waals surface area contributed by atoms with E-state index in [1.54, 1.807) is 33.6 Å². The van der Waals surface area contributed by atoms with E-state index in [4.69, 9.17) is 75.8 Å². The number of carbonyl (C=O) groups is 8. The molecule has 8 saturated heterocycles. The molecule has 810 valence electrons. The average Bonchev–Trinajstić information content (AvgIpc) is 1.56. The summed E-state index contributed by atoms with van der Waals surface area (Å²) in [7, 11) is 0. The van der Waals surface area contributed by atoms with Crippen molar-refractivity contribution in [2.45, 2.75) is 327 Å². The number of carbonyl (C=O) groups excluding carboxylic acids is 8.